The predicted octanol–water partition coefficient (Wildman–Crippen LogP) is 14.6. The van der Waals surface area contributed by atoms with E-state index in [1.165, 1.54) is 49.1 Å². The first kappa shape index (κ1) is 34.2. The molecular formula is C58H34BN3O2. The summed E-state index contributed by atoms with van der Waals surface area (Å²) in [6, 6.07) is 74.6. The Bertz CT molecular complexity index is 4070. The van der Waals surface area contributed by atoms with E-state index in [4.69, 9.17) is 8.83 Å². The van der Waals surface area contributed by atoms with Crippen LogP contribution in [0.25, 0.3) is 87.6 Å². The minimum atomic E-state index is -0.184. The van der Waals surface area contributed by atoms with Gasteiger partial charge in [-0.3, -0.25) is 0 Å². The third-order valence-electron chi connectivity index (χ3n) is 13.9. The molecule has 0 radical (unpaired) electrons. The first-order chi connectivity index (χ1) is 31.8. The van der Waals surface area contributed by atoms with E-state index in [0.717, 1.165) is 83.6 Å². The van der Waals surface area contributed by atoms with Crippen LogP contribution in [0.2, 0.25) is 0 Å². The topological polar surface area (TPSA) is 37.7 Å². The number of rotatable bonds is 4. The Morgan fingerprint density at radius 1 is 0.406 bits per heavy atom. The zero-order valence-corrected chi connectivity index (χ0v) is 34.4. The quantitative estimate of drug-likeness (QED) is 0.166. The van der Waals surface area contributed by atoms with Gasteiger partial charge in [-0.05, 0) is 94.5 Å². The number of hydrogen-bond acceptors (Lipinski definition) is 4. The molecule has 0 spiro atoms. The zero-order chi connectivity index (χ0) is 41.6. The summed E-state index contributed by atoms with van der Waals surface area (Å²) in [7, 11) is 0. The molecule has 0 atom stereocenters. The van der Waals surface area contributed by atoms with Gasteiger partial charge < -0.3 is 23.1 Å². The smallest absolute Gasteiger partial charge is 0.333 e. The van der Waals surface area contributed by atoms with Crippen LogP contribution in [-0.4, -0.2) is 11.3 Å². The second-order valence-corrected chi connectivity index (χ2v) is 17.2. The third-order valence-corrected chi connectivity index (χ3v) is 13.9. The van der Waals surface area contributed by atoms with E-state index in [1.807, 2.05) is 0 Å². The number of hydrogen-bond donors (Lipinski definition) is 0. The number of furan rings is 2. The van der Waals surface area contributed by atoms with E-state index in [-0.39, 0.29) is 6.85 Å². The van der Waals surface area contributed by atoms with Crippen LogP contribution in [0.15, 0.2) is 215 Å². The van der Waals surface area contributed by atoms with Crippen LogP contribution < -0.4 is 20.7 Å². The lowest BCUT2D eigenvalue weighted by atomic mass is 9.45. The molecule has 5 nitrogen and oxygen atoms in total. The van der Waals surface area contributed by atoms with Gasteiger partial charge in [-0.1, -0.05) is 133 Å². The van der Waals surface area contributed by atoms with Gasteiger partial charge in [0.15, 0.2) is 5.58 Å². The van der Waals surface area contributed by atoms with Crippen LogP contribution >= 0.6 is 0 Å². The first-order valence-electron chi connectivity index (χ1n) is 22.0. The summed E-state index contributed by atoms with van der Waals surface area (Å²) in [6.45, 7) is -0.184. The maximum atomic E-state index is 7.04. The molecule has 0 amide bonds. The molecule has 2 aliphatic rings. The van der Waals surface area contributed by atoms with Gasteiger partial charge in [-0.15, -0.1) is 0 Å². The largest absolute Gasteiger partial charge is 0.455 e. The lowest BCUT2D eigenvalue weighted by Crippen LogP contribution is -2.56. The van der Waals surface area contributed by atoms with Crippen LogP contribution in [0.3, 0.4) is 0 Å². The van der Waals surface area contributed by atoms with Crippen LogP contribution in [0.5, 0.6) is 0 Å². The fraction of sp³-hybridized carbons (Fsp3) is 0. The molecule has 0 saturated heterocycles. The molecule has 296 valence electrons. The van der Waals surface area contributed by atoms with Gasteiger partial charge in [-0.25, -0.2) is 0 Å². The van der Waals surface area contributed by atoms with Crippen molar-refractivity contribution in [2.24, 2.45) is 0 Å². The van der Waals surface area contributed by atoms with Crippen molar-refractivity contribution in [3.05, 3.63) is 206 Å². The lowest BCUT2D eigenvalue weighted by Gasteiger charge is -2.41. The van der Waals surface area contributed by atoms with Gasteiger partial charge in [0.1, 0.15) is 16.7 Å². The summed E-state index contributed by atoms with van der Waals surface area (Å²) < 4.78 is 16.6. The summed E-state index contributed by atoms with van der Waals surface area (Å²) in [5, 5.41) is 9.32. The van der Waals surface area contributed by atoms with Gasteiger partial charge >= 0.3 is 6.85 Å². The van der Waals surface area contributed by atoms with Crippen molar-refractivity contribution in [1.82, 2.24) is 4.48 Å². The molecule has 0 aliphatic carbocycles. The van der Waals surface area contributed by atoms with E-state index in [9.17, 15) is 0 Å². The first-order valence-corrected chi connectivity index (χ1v) is 22.0. The van der Waals surface area contributed by atoms with Crippen LogP contribution in [0.4, 0.5) is 34.1 Å². The number of aromatic nitrogens is 1. The summed E-state index contributed by atoms with van der Waals surface area (Å²) in [6.07, 6.45) is 0. The maximum absolute atomic E-state index is 7.04. The summed E-state index contributed by atoms with van der Waals surface area (Å²) in [5.41, 5.74) is 17.1. The molecule has 0 bridgehead atoms. The summed E-state index contributed by atoms with van der Waals surface area (Å²) in [4.78, 5) is 4.85. The molecule has 6 heteroatoms. The second-order valence-electron chi connectivity index (χ2n) is 17.2. The van der Waals surface area contributed by atoms with Crippen molar-refractivity contribution < 1.29 is 8.83 Å². The molecule has 0 unspecified atom stereocenters. The Hall–Kier alpha value is -8.48. The number of fused-ring (bicyclic) bond motifs is 15. The Labute approximate surface area is 367 Å². The van der Waals surface area contributed by atoms with Gasteiger partial charge in [0.2, 0.25) is 0 Å². The highest BCUT2D eigenvalue weighted by Gasteiger charge is 2.45. The van der Waals surface area contributed by atoms with Crippen LogP contribution in [0.1, 0.15) is 0 Å². The number of anilines is 6. The maximum Gasteiger partial charge on any atom is 0.333 e. The number of para-hydroxylation sites is 6. The van der Waals surface area contributed by atoms with Crippen molar-refractivity contribution in [2.45, 2.75) is 0 Å². The van der Waals surface area contributed by atoms with E-state index < -0.39 is 0 Å². The average molecular weight is 816 g/mol. The van der Waals surface area contributed by atoms with Crippen molar-refractivity contribution in [2.75, 3.05) is 9.80 Å². The summed E-state index contributed by atoms with van der Waals surface area (Å²) in [5.74, 6) is 0. The van der Waals surface area contributed by atoms with E-state index in [2.05, 4.69) is 221 Å². The Morgan fingerprint density at radius 2 is 1.03 bits per heavy atom. The predicted molar refractivity (Wildman–Crippen MR) is 267 cm³/mol. The van der Waals surface area contributed by atoms with Crippen molar-refractivity contribution in [3.63, 3.8) is 0 Å². The highest BCUT2D eigenvalue weighted by Crippen LogP contribution is 2.52. The van der Waals surface area contributed by atoms with E-state index >= 15 is 0 Å². The van der Waals surface area contributed by atoms with Crippen molar-refractivity contribution in [3.8, 4) is 11.1 Å². The number of nitrogens with zero attached hydrogens (tertiary/aromatic N) is 3. The molecule has 15 rings (SSSR count). The van der Waals surface area contributed by atoms with Gasteiger partial charge in [0.25, 0.3) is 0 Å². The van der Waals surface area contributed by atoms with Crippen molar-refractivity contribution in [1.29, 1.82) is 0 Å². The molecule has 0 saturated carbocycles. The van der Waals surface area contributed by atoms with Gasteiger partial charge in [0, 0.05) is 82.9 Å². The molecule has 0 N–H and O–H groups in total. The van der Waals surface area contributed by atoms with E-state index in [1.54, 1.807) is 0 Å². The Balaban J connectivity index is 1.13. The van der Waals surface area contributed by atoms with Crippen LogP contribution in [0, 0.1) is 0 Å². The minimum Gasteiger partial charge on any atom is -0.455 e. The zero-order valence-electron chi connectivity index (χ0n) is 34.4. The molecule has 0 fully saturated rings. The lowest BCUT2D eigenvalue weighted by molar-refractivity contribution is 0.669. The monoisotopic (exact) mass is 815 g/mol. The molecule has 64 heavy (non-hydrogen) atoms. The number of benzene rings is 10. The molecule has 5 heterocycles. The minimum absolute atomic E-state index is 0.184. The average Bonchev–Trinajstić information content (AvgIpc) is 4.03. The highest BCUT2D eigenvalue weighted by atomic mass is 16.3. The second kappa shape index (κ2) is 12.6. The Kier molecular flexibility index (Phi) is 6.70. The molecule has 3 aromatic heterocycles. The van der Waals surface area contributed by atoms with Gasteiger partial charge in [0.05, 0.1) is 5.69 Å². The van der Waals surface area contributed by atoms with E-state index in [0.29, 0.717) is 0 Å². The molecule has 2 aliphatic heterocycles. The molecular weight excluding hydrogens is 781 g/mol. The Morgan fingerprint density at radius 3 is 1.80 bits per heavy atom. The normalized spacial score (nSPS) is 12.9. The summed E-state index contributed by atoms with van der Waals surface area (Å²) >= 11 is 0. The highest BCUT2D eigenvalue weighted by molar-refractivity contribution is 6.90. The van der Waals surface area contributed by atoms with Crippen molar-refractivity contribution >= 4 is 128 Å². The molecule has 13 aromatic rings. The SMILES string of the molecule is c1ccc(N(c2ccccc2)c2ccc3c(c2)N(c2cccc4c2oc2ccccc24)c2cc4c(oc5ccccc54)c4c2B3n2c3cc5ccccc5cc3c3cccc-4c32)cc1. The third kappa shape index (κ3) is 4.48. The van der Waals surface area contributed by atoms with Gasteiger partial charge in [-0.2, -0.15) is 0 Å². The standard InChI is InChI=1S/C58H34BN3O2/c1-3-17-37(18-4-1)60(38-19-5-2-6-20-38)39-29-30-47-50(33-39)61(48-26-14-24-43-40-21-9-11-27-52(40)63-57(43)48)51-34-46-41-22-10-12-28-53(41)64-58(46)54-44-25-13-23-42-45-31-35-15-7-8-16-36(35)32-49(45)62(56(42)44)59(47)55(51)54/h1-34H. The fourth-order valence-corrected chi connectivity index (χ4v) is 11.3. The fourth-order valence-electron chi connectivity index (χ4n) is 11.3. The molecule has 10 aromatic carbocycles. The van der Waals surface area contributed by atoms with Crippen LogP contribution in [-0.2, 0) is 0 Å².